The molecule has 0 unspecified atom stereocenters. The van der Waals surface area contributed by atoms with Crippen LogP contribution < -0.4 is 5.32 Å². The Kier molecular flexibility index (Phi) is 4.86. The molecule has 0 amide bonds. The molecule has 0 fully saturated rings. The van der Waals surface area contributed by atoms with E-state index in [-0.39, 0.29) is 10.2 Å². The minimum Gasteiger partial charge on any atom is -0.339 e. The second-order valence-corrected chi connectivity index (χ2v) is 8.96. The van der Waals surface area contributed by atoms with Crippen LogP contribution in [-0.4, -0.2) is 23.6 Å². The summed E-state index contributed by atoms with van der Waals surface area (Å²) in [6.45, 7) is 3.28. The van der Waals surface area contributed by atoms with Crippen LogP contribution in [0.2, 0.25) is 10.3 Å². The standard InChI is InChI=1S/C17H15Cl2N3O2S/c1-10(2)25(23,24)15-6-4-3-5-14(15)20-16-12-9-11(18)7-8-13(12)21-17(19)22-16/h3-10H,1-2H3,(H,20,21,22). The van der Waals surface area contributed by atoms with Crippen molar-refractivity contribution in [2.45, 2.75) is 24.0 Å². The van der Waals surface area contributed by atoms with Crippen molar-refractivity contribution >= 4 is 55.4 Å². The molecule has 3 aromatic rings. The monoisotopic (exact) mass is 395 g/mol. The van der Waals surface area contributed by atoms with Gasteiger partial charge in [0.05, 0.1) is 21.3 Å². The normalized spacial score (nSPS) is 11.9. The number of rotatable bonds is 4. The lowest BCUT2D eigenvalue weighted by Gasteiger charge is -2.15. The first kappa shape index (κ1) is 17.9. The zero-order chi connectivity index (χ0) is 18.2. The van der Waals surface area contributed by atoms with E-state index in [0.29, 0.717) is 27.4 Å². The summed E-state index contributed by atoms with van der Waals surface area (Å²) in [6, 6.07) is 11.8. The third kappa shape index (κ3) is 3.56. The average molecular weight is 396 g/mol. The highest BCUT2D eigenvalue weighted by Gasteiger charge is 2.23. The highest BCUT2D eigenvalue weighted by atomic mass is 35.5. The first-order valence-corrected chi connectivity index (χ1v) is 9.82. The molecule has 1 N–H and O–H groups in total. The van der Waals surface area contributed by atoms with E-state index < -0.39 is 15.1 Å². The lowest BCUT2D eigenvalue weighted by molar-refractivity contribution is 0.588. The van der Waals surface area contributed by atoms with Crippen LogP contribution in [0.3, 0.4) is 0 Å². The number of nitrogens with zero attached hydrogens (tertiary/aromatic N) is 2. The van der Waals surface area contributed by atoms with Crippen LogP contribution in [0.4, 0.5) is 11.5 Å². The van der Waals surface area contributed by atoms with Crippen LogP contribution in [-0.2, 0) is 9.84 Å². The topological polar surface area (TPSA) is 72.0 Å². The molecule has 0 aliphatic heterocycles. The molecule has 0 aliphatic carbocycles. The van der Waals surface area contributed by atoms with E-state index >= 15 is 0 Å². The van der Waals surface area contributed by atoms with Crippen molar-refractivity contribution in [1.82, 2.24) is 9.97 Å². The molecule has 5 nitrogen and oxygen atoms in total. The maximum Gasteiger partial charge on any atom is 0.224 e. The number of para-hydroxylation sites is 1. The Labute approximate surface area is 155 Å². The first-order chi connectivity index (χ1) is 11.8. The van der Waals surface area contributed by atoms with Crippen molar-refractivity contribution in [3.63, 3.8) is 0 Å². The van der Waals surface area contributed by atoms with Crippen molar-refractivity contribution in [1.29, 1.82) is 0 Å². The van der Waals surface area contributed by atoms with Gasteiger partial charge in [-0.3, -0.25) is 0 Å². The summed E-state index contributed by atoms with van der Waals surface area (Å²) in [4.78, 5) is 8.56. The Hall–Kier alpha value is -1.89. The number of hydrogen-bond donors (Lipinski definition) is 1. The molecule has 0 atom stereocenters. The maximum atomic E-state index is 12.6. The number of sulfone groups is 1. The number of halogens is 2. The van der Waals surface area contributed by atoms with Crippen molar-refractivity contribution < 1.29 is 8.42 Å². The average Bonchev–Trinajstić information content (AvgIpc) is 2.55. The smallest absolute Gasteiger partial charge is 0.224 e. The third-order valence-electron chi connectivity index (χ3n) is 3.70. The number of hydrogen-bond acceptors (Lipinski definition) is 5. The molecule has 1 heterocycles. The third-order valence-corrected chi connectivity index (χ3v) is 6.31. The zero-order valence-electron chi connectivity index (χ0n) is 13.5. The van der Waals surface area contributed by atoms with Gasteiger partial charge in [0.15, 0.2) is 9.84 Å². The van der Waals surface area contributed by atoms with Crippen LogP contribution >= 0.6 is 23.2 Å². The number of fused-ring (bicyclic) bond motifs is 1. The van der Waals surface area contributed by atoms with Crippen molar-refractivity contribution in [3.05, 3.63) is 52.8 Å². The van der Waals surface area contributed by atoms with Gasteiger partial charge in [0.1, 0.15) is 5.82 Å². The van der Waals surface area contributed by atoms with Gasteiger partial charge in [-0.25, -0.2) is 13.4 Å². The Morgan fingerprint density at radius 1 is 1.04 bits per heavy atom. The summed E-state index contributed by atoms with van der Waals surface area (Å²) >= 11 is 12.1. The van der Waals surface area contributed by atoms with E-state index in [1.807, 2.05) is 0 Å². The van der Waals surface area contributed by atoms with Gasteiger partial charge in [-0.1, -0.05) is 23.7 Å². The molecule has 0 saturated carbocycles. The van der Waals surface area contributed by atoms with Gasteiger partial charge in [-0.15, -0.1) is 0 Å². The fourth-order valence-electron chi connectivity index (χ4n) is 2.37. The van der Waals surface area contributed by atoms with E-state index in [9.17, 15) is 8.42 Å². The molecule has 0 spiro atoms. The molecule has 0 bridgehead atoms. The van der Waals surface area contributed by atoms with E-state index in [1.54, 1.807) is 56.3 Å². The highest BCUT2D eigenvalue weighted by molar-refractivity contribution is 7.92. The first-order valence-electron chi connectivity index (χ1n) is 7.52. The number of anilines is 2. The molecule has 130 valence electrons. The van der Waals surface area contributed by atoms with E-state index in [0.717, 1.165) is 0 Å². The Balaban J connectivity index is 2.17. The van der Waals surface area contributed by atoms with Crippen LogP contribution in [0, 0.1) is 0 Å². The molecule has 1 aromatic heterocycles. The Morgan fingerprint density at radius 3 is 2.48 bits per heavy atom. The van der Waals surface area contributed by atoms with Gasteiger partial charge in [0.2, 0.25) is 5.28 Å². The summed E-state index contributed by atoms with van der Waals surface area (Å²) in [7, 11) is -3.46. The molecular formula is C17H15Cl2N3O2S. The maximum absolute atomic E-state index is 12.6. The van der Waals surface area contributed by atoms with Gasteiger partial charge in [0, 0.05) is 10.4 Å². The van der Waals surface area contributed by atoms with Crippen LogP contribution in [0.1, 0.15) is 13.8 Å². The van der Waals surface area contributed by atoms with Gasteiger partial charge in [0.25, 0.3) is 0 Å². The predicted molar refractivity (Wildman–Crippen MR) is 102 cm³/mol. The second kappa shape index (κ2) is 6.78. The molecule has 0 saturated heterocycles. The summed E-state index contributed by atoms with van der Waals surface area (Å²) < 4.78 is 25.2. The fraction of sp³-hybridized carbons (Fsp3) is 0.176. The van der Waals surface area contributed by atoms with Crippen molar-refractivity contribution in [3.8, 4) is 0 Å². The predicted octanol–water partition coefficient (Wildman–Crippen LogP) is 4.86. The van der Waals surface area contributed by atoms with Crippen LogP contribution in [0.5, 0.6) is 0 Å². The fourth-order valence-corrected chi connectivity index (χ4v) is 3.92. The molecule has 25 heavy (non-hydrogen) atoms. The molecular weight excluding hydrogens is 381 g/mol. The minimum absolute atomic E-state index is 0.0570. The van der Waals surface area contributed by atoms with E-state index in [2.05, 4.69) is 15.3 Å². The van der Waals surface area contributed by atoms with Gasteiger partial charge in [-0.05, 0) is 55.8 Å². The largest absolute Gasteiger partial charge is 0.339 e. The quantitative estimate of drug-likeness (QED) is 0.638. The second-order valence-electron chi connectivity index (χ2n) is 5.72. The molecule has 8 heteroatoms. The minimum atomic E-state index is -3.46. The van der Waals surface area contributed by atoms with E-state index in [1.165, 1.54) is 0 Å². The molecule has 3 rings (SSSR count). The SMILES string of the molecule is CC(C)S(=O)(=O)c1ccccc1Nc1nc(Cl)nc2ccc(Cl)cc12. The number of benzene rings is 2. The van der Waals surface area contributed by atoms with E-state index in [4.69, 9.17) is 23.2 Å². The van der Waals surface area contributed by atoms with Crippen molar-refractivity contribution in [2.24, 2.45) is 0 Å². The summed E-state index contributed by atoms with van der Waals surface area (Å²) in [5.74, 6) is 0.393. The molecule has 2 aromatic carbocycles. The molecule has 0 radical (unpaired) electrons. The Bertz CT molecular complexity index is 1050. The summed E-state index contributed by atoms with van der Waals surface area (Å²) in [5, 5.41) is 3.75. The summed E-state index contributed by atoms with van der Waals surface area (Å²) in [5.41, 5.74) is 1.03. The van der Waals surface area contributed by atoms with Crippen LogP contribution in [0.15, 0.2) is 47.4 Å². The number of nitrogens with one attached hydrogen (secondary N) is 1. The summed E-state index contributed by atoms with van der Waals surface area (Å²) in [6.07, 6.45) is 0. The van der Waals surface area contributed by atoms with Crippen molar-refractivity contribution in [2.75, 3.05) is 5.32 Å². The lowest BCUT2D eigenvalue weighted by Crippen LogP contribution is -2.15. The van der Waals surface area contributed by atoms with Gasteiger partial charge < -0.3 is 5.32 Å². The molecule has 0 aliphatic rings. The van der Waals surface area contributed by atoms with Crippen LogP contribution in [0.25, 0.3) is 10.9 Å². The van der Waals surface area contributed by atoms with Gasteiger partial charge in [-0.2, -0.15) is 4.98 Å². The number of aromatic nitrogens is 2. The lowest BCUT2D eigenvalue weighted by atomic mass is 10.2. The zero-order valence-corrected chi connectivity index (χ0v) is 15.8. The van der Waals surface area contributed by atoms with Gasteiger partial charge >= 0.3 is 0 Å². The Morgan fingerprint density at radius 2 is 1.76 bits per heavy atom. The highest BCUT2D eigenvalue weighted by Crippen LogP contribution is 2.31.